The SMILES string of the molecule is NNC(c1cc(Cl)ccc1Cl)C1CCC(F)(F)CC1. The zero-order chi connectivity index (χ0) is 14.0. The third kappa shape index (κ3) is 3.57. The Morgan fingerprint density at radius 1 is 1.26 bits per heavy atom. The van der Waals surface area contributed by atoms with Crippen molar-refractivity contribution in [3.05, 3.63) is 33.8 Å². The first-order chi connectivity index (χ1) is 8.93. The van der Waals surface area contributed by atoms with Crippen LogP contribution in [-0.4, -0.2) is 5.92 Å². The minimum Gasteiger partial charge on any atom is -0.271 e. The molecule has 1 fully saturated rings. The normalized spacial score (nSPS) is 21.3. The lowest BCUT2D eigenvalue weighted by atomic mass is 9.80. The molecule has 2 rings (SSSR count). The van der Waals surface area contributed by atoms with E-state index in [9.17, 15) is 8.78 Å². The predicted octanol–water partition coefficient (Wildman–Crippen LogP) is 4.32. The molecule has 1 saturated carbocycles. The highest BCUT2D eigenvalue weighted by molar-refractivity contribution is 6.33. The summed E-state index contributed by atoms with van der Waals surface area (Å²) in [5.41, 5.74) is 3.47. The first kappa shape index (κ1) is 15.0. The largest absolute Gasteiger partial charge is 0.271 e. The Bertz CT molecular complexity index is 444. The Kier molecular flexibility index (Phi) is 4.66. The van der Waals surface area contributed by atoms with Gasteiger partial charge in [0.2, 0.25) is 5.92 Å². The van der Waals surface area contributed by atoms with Crippen molar-refractivity contribution in [1.82, 2.24) is 5.43 Å². The van der Waals surface area contributed by atoms with E-state index in [2.05, 4.69) is 5.43 Å². The molecule has 0 radical (unpaired) electrons. The number of nitrogens with two attached hydrogens (primary N) is 1. The van der Waals surface area contributed by atoms with Crippen LogP contribution in [0.3, 0.4) is 0 Å². The fourth-order valence-corrected chi connectivity index (χ4v) is 3.04. The first-order valence-corrected chi connectivity index (χ1v) is 6.97. The van der Waals surface area contributed by atoms with Gasteiger partial charge in [-0.3, -0.25) is 11.3 Å². The lowest BCUT2D eigenvalue weighted by Crippen LogP contribution is -2.37. The van der Waals surface area contributed by atoms with Crippen LogP contribution in [0.5, 0.6) is 0 Å². The van der Waals surface area contributed by atoms with Gasteiger partial charge in [0.15, 0.2) is 0 Å². The second-order valence-electron chi connectivity index (χ2n) is 5.00. The second kappa shape index (κ2) is 5.92. The maximum absolute atomic E-state index is 13.2. The molecule has 19 heavy (non-hydrogen) atoms. The van der Waals surface area contributed by atoms with Crippen LogP contribution in [0.4, 0.5) is 8.78 Å². The molecule has 0 bridgehead atoms. The Hall–Kier alpha value is -0.420. The molecule has 2 nitrogen and oxygen atoms in total. The van der Waals surface area contributed by atoms with Gasteiger partial charge in [-0.15, -0.1) is 0 Å². The van der Waals surface area contributed by atoms with Crippen molar-refractivity contribution in [2.24, 2.45) is 11.8 Å². The number of hydrazine groups is 1. The molecular formula is C13H16Cl2F2N2. The third-order valence-electron chi connectivity index (χ3n) is 3.71. The van der Waals surface area contributed by atoms with Gasteiger partial charge in [0.1, 0.15) is 0 Å². The minimum absolute atomic E-state index is 0.0422. The van der Waals surface area contributed by atoms with Crippen molar-refractivity contribution >= 4 is 23.2 Å². The van der Waals surface area contributed by atoms with E-state index >= 15 is 0 Å². The third-order valence-corrected chi connectivity index (χ3v) is 4.29. The highest BCUT2D eigenvalue weighted by atomic mass is 35.5. The van der Waals surface area contributed by atoms with E-state index in [0.717, 1.165) is 5.56 Å². The number of hydrogen-bond donors (Lipinski definition) is 2. The van der Waals surface area contributed by atoms with Crippen LogP contribution in [0.25, 0.3) is 0 Å². The molecule has 0 heterocycles. The number of halogens is 4. The van der Waals surface area contributed by atoms with Crippen LogP contribution in [0, 0.1) is 5.92 Å². The number of hydrogen-bond acceptors (Lipinski definition) is 2. The van der Waals surface area contributed by atoms with Gasteiger partial charge in [-0.1, -0.05) is 23.2 Å². The smallest absolute Gasteiger partial charge is 0.248 e. The molecule has 1 aromatic rings. The number of benzene rings is 1. The summed E-state index contributed by atoms with van der Waals surface area (Å²) in [7, 11) is 0. The molecule has 3 N–H and O–H groups in total. The average Bonchev–Trinajstić information content (AvgIpc) is 2.36. The van der Waals surface area contributed by atoms with Crippen molar-refractivity contribution in [1.29, 1.82) is 0 Å². The molecule has 6 heteroatoms. The molecule has 0 saturated heterocycles. The molecule has 0 amide bonds. The van der Waals surface area contributed by atoms with Crippen molar-refractivity contribution in [2.75, 3.05) is 0 Å². The van der Waals surface area contributed by atoms with Crippen LogP contribution < -0.4 is 11.3 Å². The van der Waals surface area contributed by atoms with Gasteiger partial charge in [-0.25, -0.2) is 8.78 Å². The fourth-order valence-electron chi connectivity index (χ4n) is 2.63. The quantitative estimate of drug-likeness (QED) is 0.644. The highest BCUT2D eigenvalue weighted by Crippen LogP contribution is 2.42. The van der Waals surface area contributed by atoms with Crippen LogP contribution in [-0.2, 0) is 0 Å². The van der Waals surface area contributed by atoms with Gasteiger partial charge in [-0.05, 0) is 42.5 Å². The predicted molar refractivity (Wildman–Crippen MR) is 73.4 cm³/mol. The van der Waals surface area contributed by atoms with E-state index in [1.165, 1.54) is 0 Å². The summed E-state index contributed by atoms with van der Waals surface area (Å²) in [5.74, 6) is 3.08. The van der Waals surface area contributed by atoms with E-state index in [1.54, 1.807) is 18.2 Å². The Labute approximate surface area is 121 Å². The summed E-state index contributed by atoms with van der Waals surface area (Å²) in [4.78, 5) is 0. The molecule has 1 aromatic carbocycles. The summed E-state index contributed by atoms with van der Waals surface area (Å²) in [6, 6.07) is 4.88. The van der Waals surface area contributed by atoms with E-state index in [-0.39, 0.29) is 24.8 Å². The van der Waals surface area contributed by atoms with Gasteiger partial charge in [0, 0.05) is 22.9 Å². The molecule has 1 atom stereocenters. The standard InChI is InChI=1S/C13H16Cl2F2N2/c14-9-1-2-11(15)10(7-9)12(19-18)8-3-5-13(16,17)6-4-8/h1-2,7-8,12,19H,3-6,18H2. The van der Waals surface area contributed by atoms with Crippen molar-refractivity contribution < 1.29 is 8.78 Å². The van der Waals surface area contributed by atoms with Gasteiger partial charge < -0.3 is 0 Å². The number of nitrogens with one attached hydrogen (secondary N) is 1. The second-order valence-corrected chi connectivity index (χ2v) is 5.85. The monoisotopic (exact) mass is 308 g/mol. The van der Waals surface area contributed by atoms with Gasteiger partial charge in [0.25, 0.3) is 0 Å². The molecule has 1 aliphatic rings. The molecule has 0 aromatic heterocycles. The van der Waals surface area contributed by atoms with E-state index in [0.29, 0.717) is 22.9 Å². The van der Waals surface area contributed by atoms with Gasteiger partial charge >= 0.3 is 0 Å². The number of alkyl halides is 2. The summed E-state index contributed by atoms with van der Waals surface area (Å²) in [5, 5.41) is 1.10. The van der Waals surface area contributed by atoms with Gasteiger partial charge in [-0.2, -0.15) is 0 Å². The van der Waals surface area contributed by atoms with Crippen LogP contribution in [0.15, 0.2) is 18.2 Å². The van der Waals surface area contributed by atoms with Gasteiger partial charge in [0.05, 0.1) is 6.04 Å². The summed E-state index contributed by atoms with van der Waals surface area (Å²) in [6.07, 6.45) is 0.636. The molecule has 106 valence electrons. The maximum Gasteiger partial charge on any atom is 0.248 e. The number of rotatable bonds is 3. The van der Waals surface area contributed by atoms with Crippen molar-refractivity contribution in [3.63, 3.8) is 0 Å². The van der Waals surface area contributed by atoms with Crippen LogP contribution >= 0.6 is 23.2 Å². The molecule has 0 aliphatic heterocycles. The summed E-state index contributed by atoms with van der Waals surface area (Å²) in [6.45, 7) is 0. The highest BCUT2D eigenvalue weighted by Gasteiger charge is 2.38. The lowest BCUT2D eigenvalue weighted by molar-refractivity contribution is -0.0497. The molecule has 1 unspecified atom stereocenters. The Balaban J connectivity index is 2.18. The topological polar surface area (TPSA) is 38.0 Å². The average molecular weight is 309 g/mol. The summed E-state index contributed by atoms with van der Waals surface area (Å²) >= 11 is 12.1. The van der Waals surface area contributed by atoms with E-state index in [4.69, 9.17) is 29.0 Å². The zero-order valence-corrected chi connectivity index (χ0v) is 11.8. The first-order valence-electron chi connectivity index (χ1n) is 6.22. The molecular weight excluding hydrogens is 293 g/mol. The minimum atomic E-state index is -2.55. The zero-order valence-electron chi connectivity index (χ0n) is 10.3. The van der Waals surface area contributed by atoms with E-state index in [1.807, 2.05) is 0 Å². The Morgan fingerprint density at radius 3 is 2.47 bits per heavy atom. The Morgan fingerprint density at radius 2 is 1.89 bits per heavy atom. The summed E-state index contributed by atoms with van der Waals surface area (Å²) < 4.78 is 26.4. The lowest BCUT2D eigenvalue weighted by Gasteiger charge is -2.34. The van der Waals surface area contributed by atoms with Crippen molar-refractivity contribution in [3.8, 4) is 0 Å². The maximum atomic E-state index is 13.2. The van der Waals surface area contributed by atoms with Crippen molar-refractivity contribution in [2.45, 2.75) is 37.6 Å². The van der Waals surface area contributed by atoms with Crippen LogP contribution in [0.2, 0.25) is 10.0 Å². The van der Waals surface area contributed by atoms with Crippen LogP contribution in [0.1, 0.15) is 37.3 Å². The molecule has 1 aliphatic carbocycles. The molecule has 0 spiro atoms. The van der Waals surface area contributed by atoms with E-state index < -0.39 is 5.92 Å². The fraction of sp³-hybridized carbons (Fsp3) is 0.538.